The Morgan fingerprint density at radius 2 is 1.77 bits per heavy atom. The summed E-state index contributed by atoms with van der Waals surface area (Å²) < 4.78 is 21.8. The number of rotatable bonds is 5. The number of carbonyl (C=O) groups excluding carboxylic acids is 3. The van der Waals surface area contributed by atoms with Gasteiger partial charge in [0, 0.05) is 20.8 Å². The van der Waals surface area contributed by atoms with Crippen LogP contribution in [0.3, 0.4) is 0 Å². The number of hydrogen-bond donors (Lipinski definition) is 1. The second kappa shape index (κ2) is 7.91. The van der Waals surface area contributed by atoms with Crippen LogP contribution in [0.4, 0.5) is 5.95 Å². The molecule has 0 amide bonds. The molecule has 0 radical (unpaired) electrons. The maximum atomic E-state index is 12.1. The lowest BCUT2D eigenvalue weighted by Gasteiger charge is -2.23. The molecule has 1 saturated heterocycles. The highest BCUT2D eigenvalue weighted by Gasteiger charge is 2.51. The molecule has 12 nitrogen and oxygen atoms in total. The number of hydrogen-bond acceptors (Lipinski definition) is 11. The summed E-state index contributed by atoms with van der Waals surface area (Å²) in [6.45, 7) is 3.20. The highest BCUT2D eigenvalue weighted by molar-refractivity contribution is 5.67. The molecule has 0 unspecified atom stereocenters. The van der Waals surface area contributed by atoms with Gasteiger partial charge in [-0.1, -0.05) is 0 Å². The average molecular weight is 370 g/mol. The fourth-order valence-corrected chi connectivity index (χ4v) is 2.45. The lowest BCUT2D eigenvalue weighted by molar-refractivity contribution is -0.166. The molecule has 12 heteroatoms. The first-order chi connectivity index (χ1) is 12.2. The molecule has 2 N–H and O–H groups in total. The fraction of sp³-hybridized carbons (Fsp3) is 0.571. The van der Waals surface area contributed by atoms with Gasteiger partial charge in [0.05, 0.1) is 0 Å². The zero-order valence-electron chi connectivity index (χ0n) is 14.3. The average Bonchev–Trinajstić information content (AvgIpc) is 2.82. The van der Waals surface area contributed by atoms with Crippen LogP contribution in [0.5, 0.6) is 0 Å². The summed E-state index contributed by atoms with van der Waals surface area (Å²) in [5.74, 6) is -2.21. The van der Waals surface area contributed by atoms with Gasteiger partial charge in [-0.25, -0.2) is 9.78 Å². The number of nitrogens with zero attached hydrogens (tertiary/aromatic N) is 3. The first-order valence-electron chi connectivity index (χ1n) is 7.53. The Kier molecular flexibility index (Phi) is 5.87. The molecule has 1 aliphatic heterocycles. The first-order valence-corrected chi connectivity index (χ1v) is 7.53. The van der Waals surface area contributed by atoms with E-state index in [4.69, 9.17) is 24.7 Å². The van der Waals surface area contributed by atoms with E-state index >= 15 is 0 Å². The van der Waals surface area contributed by atoms with Gasteiger partial charge in [0.25, 0.3) is 0 Å². The lowest BCUT2D eigenvalue weighted by atomic mass is 10.1. The van der Waals surface area contributed by atoms with Crippen LogP contribution in [0.2, 0.25) is 0 Å². The van der Waals surface area contributed by atoms with Crippen molar-refractivity contribution >= 4 is 23.9 Å². The lowest BCUT2D eigenvalue weighted by Crippen LogP contribution is -2.42. The van der Waals surface area contributed by atoms with E-state index < -0.39 is 48.1 Å². The second-order valence-corrected chi connectivity index (χ2v) is 5.42. The SMILES string of the molecule is CC(=O)OC[C@H]1O[C@@H](n2cnc(N)nc2=O)[C@H](OC(C)=O)[C@H]1OC(C)=O. The highest BCUT2D eigenvalue weighted by Crippen LogP contribution is 2.33. The van der Waals surface area contributed by atoms with E-state index in [9.17, 15) is 19.2 Å². The van der Waals surface area contributed by atoms with E-state index in [-0.39, 0.29) is 12.6 Å². The van der Waals surface area contributed by atoms with Crippen LogP contribution >= 0.6 is 0 Å². The topological polar surface area (TPSA) is 162 Å². The van der Waals surface area contributed by atoms with Crippen molar-refractivity contribution < 1.29 is 33.3 Å². The predicted octanol–water partition coefficient (Wildman–Crippen LogP) is -1.46. The summed E-state index contributed by atoms with van der Waals surface area (Å²) in [5, 5.41) is 0. The molecule has 0 saturated carbocycles. The second-order valence-electron chi connectivity index (χ2n) is 5.42. The zero-order valence-corrected chi connectivity index (χ0v) is 14.3. The van der Waals surface area contributed by atoms with Gasteiger partial charge >= 0.3 is 23.6 Å². The normalized spacial score (nSPS) is 24.7. The molecule has 142 valence electrons. The van der Waals surface area contributed by atoms with Gasteiger partial charge in [0.15, 0.2) is 18.4 Å². The van der Waals surface area contributed by atoms with E-state index in [0.717, 1.165) is 24.7 Å². The molecule has 0 bridgehead atoms. The maximum absolute atomic E-state index is 12.1. The van der Waals surface area contributed by atoms with Crippen molar-refractivity contribution in [3.05, 3.63) is 16.8 Å². The van der Waals surface area contributed by atoms with E-state index in [1.54, 1.807) is 0 Å². The summed E-state index contributed by atoms with van der Waals surface area (Å²) in [6.07, 6.45) is -3.45. The summed E-state index contributed by atoms with van der Waals surface area (Å²) >= 11 is 0. The number of nitrogen functional groups attached to an aromatic ring is 1. The number of nitrogens with two attached hydrogens (primary N) is 1. The minimum Gasteiger partial charge on any atom is -0.463 e. The van der Waals surface area contributed by atoms with Crippen LogP contribution in [-0.2, 0) is 33.3 Å². The molecule has 1 aromatic rings. The molecular weight excluding hydrogens is 352 g/mol. The Hall–Kier alpha value is -3.02. The molecule has 4 atom stereocenters. The predicted molar refractivity (Wildman–Crippen MR) is 82.4 cm³/mol. The van der Waals surface area contributed by atoms with Crippen LogP contribution < -0.4 is 11.4 Å². The van der Waals surface area contributed by atoms with Crippen molar-refractivity contribution in [1.29, 1.82) is 0 Å². The standard InChI is InChI=1S/C14H18N4O8/c1-6(19)23-4-9-10(24-7(2)20)11(25-8(3)21)12(26-9)18-5-16-13(15)17-14(18)22/h5,9-12H,4H2,1-3H3,(H2,15,17,22)/t9-,10+,11-,12-/m1/s1. The molecule has 2 rings (SSSR count). The van der Waals surface area contributed by atoms with Crippen molar-refractivity contribution in [2.75, 3.05) is 12.3 Å². The van der Waals surface area contributed by atoms with E-state index in [1.165, 1.54) is 6.92 Å². The quantitative estimate of drug-likeness (QED) is 0.476. The summed E-state index contributed by atoms with van der Waals surface area (Å²) in [4.78, 5) is 53.2. The highest BCUT2D eigenvalue weighted by atomic mass is 16.7. The molecule has 1 fully saturated rings. The molecule has 1 aromatic heterocycles. The fourth-order valence-electron chi connectivity index (χ4n) is 2.45. The molecule has 2 heterocycles. The smallest absolute Gasteiger partial charge is 0.354 e. The summed E-state index contributed by atoms with van der Waals surface area (Å²) in [5.41, 5.74) is 4.54. The number of ether oxygens (including phenoxy) is 4. The summed E-state index contributed by atoms with van der Waals surface area (Å²) in [6, 6.07) is 0. The van der Waals surface area contributed by atoms with Gasteiger partial charge in [-0.2, -0.15) is 4.98 Å². The van der Waals surface area contributed by atoms with E-state index in [0.29, 0.717) is 0 Å². The Labute approximate surface area is 147 Å². The van der Waals surface area contributed by atoms with Gasteiger partial charge < -0.3 is 24.7 Å². The minimum absolute atomic E-state index is 0.249. The van der Waals surface area contributed by atoms with Crippen molar-refractivity contribution in [3.63, 3.8) is 0 Å². The van der Waals surface area contributed by atoms with Gasteiger partial charge in [-0.3, -0.25) is 19.0 Å². The third kappa shape index (κ3) is 4.53. The number of aromatic nitrogens is 3. The third-order valence-corrected chi connectivity index (χ3v) is 3.36. The number of esters is 3. The molecular formula is C14H18N4O8. The largest absolute Gasteiger partial charge is 0.463 e. The van der Waals surface area contributed by atoms with Crippen molar-refractivity contribution in [3.8, 4) is 0 Å². The first kappa shape index (κ1) is 19.3. The van der Waals surface area contributed by atoms with Gasteiger partial charge in [0.2, 0.25) is 5.95 Å². The van der Waals surface area contributed by atoms with Crippen molar-refractivity contribution in [2.24, 2.45) is 0 Å². The Morgan fingerprint density at radius 1 is 1.15 bits per heavy atom. The van der Waals surface area contributed by atoms with E-state index in [2.05, 4.69) is 9.97 Å². The van der Waals surface area contributed by atoms with Crippen LogP contribution in [0, 0.1) is 0 Å². The molecule has 1 aliphatic rings. The van der Waals surface area contributed by atoms with Gasteiger partial charge in [-0.05, 0) is 0 Å². The van der Waals surface area contributed by atoms with Crippen LogP contribution in [0.25, 0.3) is 0 Å². The minimum atomic E-state index is -1.21. The molecule has 26 heavy (non-hydrogen) atoms. The van der Waals surface area contributed by atoms with Gasteiger partial charge in [0.1, 0.15) is 19.0 Å². The van der Waals surface area contributed by atoms with Crippen LogP contribution in [0.1, 0.15) is 27.0 Å². The number of anilines is 1. The van der Waals surface area contributed by atoms with Crippen LogP contribution in [0.15, 0.2) is 11.1 Å². The van der Waals surface area contributed by atoms with Crippen molar-refractivity contribution in [2.45, 2.75) is 45.3 Å². The molecule has 0 spiro atoms. The maximum Gasteiger partial charge on any atom is 0.354 e. The Balaban J connectivity index is 2.40. The Morgan fingerprint density at radius 3 is 2.31 bits per heavy atom. The van der Waals surface area contributed by atoms with Crippen molar-refractivity contribution in [1.82, 2.24) is 14.5 Å². The number of carbonyl (C=O) groups is 3. The zero-order chi connectivity index (χ0) is 19.4. The third-order valence-electron chi connectivity index (χ3n) is 3.36. The van der Waals surface area contributed by atoms with Gasteiger partial charge in [-0.15, -0.1) is 0 Å². The monoisotopic (exact) mass is 370 g/mol. The molecule has 0 aromatic carbocycles. The Bertz CT molecular complexity index is 764. The van der Waals surface area contributed by atoms with Crippen LogP contribution in [-0.4, -0.2) is 57.4 Å². The summed E-state index contributed by atoms with van der Waals surface area (Å²) in [7, 11) is 0. The van der Waals surface area contributed by atoms with E-state index in [1.807, 2.05) is 0 Å². The molecule has 0 aliphatic carbocycles.